The lowest BCUT2D eigenvalue weighted by molar-refractivity contribution is 0.324. The van der Waals surface area contributed by atoms with E-state index in [0.717, 1.165) is 25.4 Å². The van der Waals surface area contributed by atoms with Crippen molar-refractivity contribution in [2.24, 2.45) is 5.73 Å². The van der Waals surface area contributed by atoms with Crippen molar-refractivity contribution in [3.63, 3.8) is 0 Å². The van der Waals surface area contributed by atoms with E-state index in [4.69, 9.17) is 10.5 Å². The van der Waals surface area contributed by atoms with E-state index in [-0.39, 0.29) is 6.04 Å². The molecule has 0 radical (unpaired) electrons. The van der Waals surface area contributed by atoms with Gasteiger partial charge in [-0.2, -0.15) is 0 Å². The zero-order valence-electron chi connectivity index (χ0n) is 12.4. The zero-order valence-corrected chi connectivity index (χ0v) is 12.4. The molecule has 1 saturated heterocycles. The van der Waals surface area contributed by atoms with E-state index in [1.165, 1.54) is 11.1 Å². The number of benzene rings is 2. The maximum absolute atomic E-state index is 6.35. The van der Waals surface area contributed by atoms with Crippen molar-refractivity contribution in [2.45, 2.75) is 18.5 Å². The van der Waals surface area contributed by atoms with E-state index in [9.17, 15) is 0 Å². The first kappa shape index (κ1) is 14.1. The molecule has 0 aromatic heterocycles. The van der Waals surface area contributed by atoms with Gasteiger partial charge in [0, 0.05) is 31.6 Å². The van der Waals surface area contributed by atoms with E-state index in [1.54, 1.807) is 7.11 Å². The summed E-state index contributed by atoms with van der Waals surface area (Å²) in [5, 5.41) is 0. The minimum absolute atomic E-state index is 0.196. The Morgan fingerprint density at radius 3 is 2.43 bits per heavy atom. The van der Waals surface area contributed by atoms with Crippen LogP contribution in [-0.4, -0.2) is 31.1 Å². The average molecular weight is 282 g/mol. The molecule has 3 heteroatoms. The second-order valence-electron chi connectivity index (χ2n) is 5.72. The highest BCUT2D eigenvalue weighted by molar-refractivity contribution is 5.31. The van der Waals surface area contributed by atoms with Gasteiger partial charge in [-0.1, -0.05) is 42.5 Å². The lowest BCUT2D eigenvalue weighted by atomic mass is 9.95. The van der Waals surface area contributed by atoms with Gasteiger partial charge in [0.2, 0.25) is 0 Å². The molecule has 21 heavy (non-hydrogen) atoms. The number of ether oxygens (including phenoxy) is 1. The van der Waals surface area contributed by atoms with Crippen LogP contribution in [0, 0.1) is 0 Å². The Labute approximate surface area is 126 Å². The highest BCUT2D eigenvalue weighted by Crippen LogP contribution is 2.28. The second kappa shape index (κ2) is 6.29. The Balaban J connectivity index is 1.67. The summed E-state index contributed by atoms with van der Waals surface area (Å²) >= 11 is 0. The van der Waals surface area contributed by atoms with Gasteiger partial charge in [0.1, 0.15) is 5.75 Å². The van der Waals surface area contributed by atoms with Gasteiger partial charge >= 0.3 is 0 Å². The largest absolute Gasteiger partial charge is 0.497 e. The smallest absolute Gasteiger partial charge is 0.118 e. The third-order valence-electron chi connectivity index (χ3n) is 4.23. The average Bonchev–Trinajstić information content (AvgIpc) is 2.89. The number of likely N-dealkylation sites (tertiary alicyclic amines) is 1. The van der Waals surface area contributed by atoms with Crippen LogP contribution in [0.4, 0.5) is 0 Å². The highest BCUT2D eigenvalue weighted by atomic mass is 16.5. The van der Waals surface area contributed by atoms with Crippen molar-refractivity contribution >= 4 is 0 Å². The molecular weight excluding hydrogens is 260 g/mol. The van der Waals surface area contributed by atoms with E-state index in [2.05, 4.69) is 47.4 Å². The topological polar surface area (TPSA) is 38.5 Å². The van der Waals surface area contributed by atoms with Crippen LogP contribution in [0.5, 0.6) is 5.75 Å². The normalized spacial score (nSPS) is 22.4. The SMILES string of the molecule is COc1ccc([C@@H]2CN(Cc3ccccc3)C[C@H]2N)cc1. The summed E-state index contributed by atoms with van der Waals surface area (Å²) in [6.45, 7) is 2.94. The fraction of sp³-hybridized carbons (Fsp3) is 0.333. The van der Waals surface area contributed by atoms with Gasteiger partial charge in [0.15, 0.2) is 0 Å². The summed E-state index contributed by atoms with van der Waals surface area (Å²) in [5.74, 6) is 1.30. The van der Waals surface area contributed by atoms with Gasteiger partial charge in [-0.3, -0.25) is 4.90 Å². The van der Waals surface area contributed by atoms with Crippen LogP contribution in [0.15, 0.2) is 54.6 Å². The summed E-state index contributed by atoms with van der Waals surface area (Å²) in [5.41, 5.74) is 9.00. The predicted molar refractivity (Wildman–Crippen MR) is 85.4 cm³/mol. The van der Waals surface area contributed by atoms with Crippen molar-refractivity contribution in [2.75, 3.05) is 20.2 Å². The van der Waals surface area contributed by atoms with Crippen molar-refractivity contribution in [3.8, 4) is 5.75 Å². The molecule has 0 unspecified atom stereocenters. The summed E-state index contributed by atoms with van der Waals surface area (Å²) < 4.78 is 5.22. The maximum Gasteiger partial charge on any atom is 0.118 e. The lowest BCUT2D eigenvalue weighted by Crippen LogP contribution is -2.28. The van der Waals surface area contributed by atoms with Gasteiger partial charge in [-0.25, -0.2) is 0 Å². The predicted octanol–water partition coefficient (Wildman–Crippen LogP) is 2.62. The van der Waals surface area contributed by atoms with E-state index >= 15 is 0 Å². The summed E-state index contributed by atoms with van der Waals surface area (Å²) in [7, 11) is 1.69. The fourth-order valence-corrected chi connectivity index (χ4v) is 3.09. The number of hydrogen-bond donors (Lipinski definition) is 1. The Morgan fingerprint density at radius 1 is 1.05 bits per heavy atom. The van der Waals surface area contributed by atoms with Crippen LogP contribution < -0.4 is 10.5 Å². The minimum atomic E-state index is 0.196. The van der Waals surface area contributed by atoms with Gasteiger partial charge < -0.3 is 10.5 Å². The Morgan fingerprint density at radius 2 is 1.76 bits per heavy atom. The third kappa shape index (κ3) is 3.26. The molecule has 2 aromatic carbocycles. The molecule has 0 spiro atoms. The summed E-state index contributed by atoms with van der Waals surface area (Å²) in [4.78, 5) is 2.44. The van der Waals surface area contributed by atoms with Crippen molar-refractivity contribution in [1.29, 1.82) is 0 Å². The number of rotatable bonds is 4. The molecule has 1 heterocycles. The molecule has 2 aromatic rings. The molecule has 110 valence electrons. The van der Waals surface area contributed by atoms with Crippen molar-refractivity contribution in [1.82, 2.24) is 4.90 Å². The van der Waals surface area contributed by atoms with Gasteiger partial charge in [0.05, 0.1) is 7.11 Å². The highest BCUT2D eigenvalue weighted by Gasteiger charge is 2.31. The van der Waals surface area contributed by atoms with Crippen LogP contribution in [-0.2, 0) is 6.54 Å². The molecule has 0 aliphatic carbocycles. The molecule has 2 N–H and O–H groups in total. The Hall–Kier alpha value is -1.84. The monoisotopic (exact) mass is 282 g/mol. The van der Waals surface area contributed by atoms with Gasteiger partial charge in [-0.15, -0.1) is 0 Å². The molecule has 0 amide bonds. The maximum atomic E-state index is 6.35. The van der Waals surface area contributed by atoms with Gasteiger partial charge in [-0.05, 0) is 23.3 Å². The van der Waals surface area contributed by atoms with Crippen LogP contribution in [0.1, 0.15) is 17.0 Å². The second-order valence-corrected chi connectivity index (χ2v) is 5.72. The molecule has 1 fully saturated rings. The first-order valence-electron chi connectivity index (χ1n) is 7.42. The van der Waals surface area contributed by atoms with Crippen LogP contribution in [0.25, 0.3) is 0 Å². The first-order valence-corrected chi connectivity index (χ1v) is 7.42. The molecule has 1 aliphatic rings. The van der Waals surface area contributed by atoms with E-state index in [0.29, 0.717) is 5.92 Å². The van der Waals surface area contributed by atoms with E-state index < -0.39 is 0 Å². The van der Waals surface area contributed by atoms with Gasteiger partial charge in [0.25, 0.3) is 0 Å². The summed E-state index contributed by atoms with van der Waals surface area (Å²) in [6, 6.07) is 19.1. The third-order valence-corrected chi connectivity index (χ3v) is 4.23. The van der Waals surface area contributed by atoms with Crippen LogP contribution in [0.3, 0.4) is 0 Å². The molecule has 0 saturated carbocycles. The Bertz CT molecular complexity index is 568. The van der Waals surface area contributed by atoms with E-state index in [1.807, 2.05) is 12.1 Å². The number of methoxy groups -OCH3 is 1. The first-order chi connectivity index (χ1) is 10.3. The van der Waals surface area contributed by atoms with Crippen LogP contribution >= 0.6 is 0 Å². The number of hydrogen-bond acceptors (Lipinski definition) is 3. The Kier molecular flexibility index (Phi) is 4.23. The summed E-state index contributed by atoms with van der Waals surface area (Å²) in [6.07, 6.45) is 0. The zero-order chi connectivity index (χ0) is 14.7. The molecular formula is C18H22N2O. The fourth-order valence-electron chi connectivity index (χ4n) is 3.09. The molecule has 0 bridgehead atoms. The van der Waals surface area contributed by atoms with Crippen molar-refractivity contribution in [3.05, 3.63) is 65.7 Å². The van der Waals surface area contributed by atoms with Crippen molar-refractivity contribution < 1.29 is 4.74 Å². The quantitative estimate of drug-likeness (QED) is 0.937. The standard InChI is InChI=1S/C18H22N2O/c1-21-16-9-7-15(8-10-16)17-12-20(13-18(17)19)11-14-5-3-2-4-6-14/h2-10,17-18H,11-13,19H2,1H3/t17-,18+/m0/s1. The molecule has 3 nitrogen and oxygen atoms in total. The number of nitrogens with two attached hydrogens (primary N) is 1. The lowest BCUT2D eigenvalue weighted by Gasteiger charge is -2.16. The number of nitrogens with zero attached hydrogens (tertiary/aromatic N) is 1. The molecule has 1 aliphatic heterocycles. The minimum Gasteiger partial charge on any atom is -0.497 e. The molecule has 3 rings (SSSR count). The molecule has 2 atom stereocenters. The van der Waals surface area contributed by atoms with Crippen LogP contribution in [0.2, 0.25) is 0 Å².